The summed E-state index contributed by atoms with van der Waals surface area (Å²) in [7, 11) is 1.90. The maximum Gasteiger partial charge on any atom is 0.379 e. The van der Waals surface area contributed by atoms with E-state index in [1.54, 1.807) is 11.1 Å². The molecule has 0 fully saturated rings. The Hall–Kier alpha value is -1.40. The van der Waals surface area contributed by atoms with Gasteiger partial charge in [0.2, 0.25) is 0 Å². The van der Waals surface area contributed by atoms with Gasteiger partial charge >= 0.3 is 12.6 Å². The summed E-state index contributed by atoms with van der Waals surface area (Å²) in [5.74, 6) is -0.792. The lowest BCUT2D eigenvalue weighted by Gasteiger charge is -2.14. The Kier molecular flexibility index (Phi) is 5.50. The molecule has 0 aromatic heterocycles. The van der Waals surface area contributed by atoms with Crippen LogP contribution in [0.2, 0.25) is 0 Å². The van der Waals surface area contributed by atoms with E-state index in [1.807, 2.05) is 18.1 Å². The van der Waals surface area contributed by atoms with E-state index in [0.29, 0.717) is 6.67 Å². The molecule has 0 atom stereocenters. The van der Waals surface area contributed by atoms with Crippen molar-refractivity contribution in [1.82, 2.24) is 9.80 Å². The minimum absolute atomic E-state index is 0.0842. The lowest BCUT2D eigenvalue weighted by Crippen LogP contribution is -2.27. The number of carboxylic acids is 1. The molecule has 0 aliphatic carbocycles. The van der Waals surface area contributed by atoms with Crippen molar-refractivity contribution in [3.05, 3.63) is 12.4 Å². The van der Waals surface area contributed by atoms with Crippen molar-refractivity contribution in [3.63, 3.8) is 0 Å². The second-order valence-corrected chi connectivity index (χ2v) is 2.58. The summed E-state index contributed by atoms with van der Waals surface area (Å²) in [5.41, 5.74) is 0. The van der Waals surface area contributed by atoms with Gasteiger partial charge in [-0.25, -0.2) is 0 Å². The zero-order valence-corrected chi connectivity index (χ0v) is 7.53. The zero-order chi connectivity index (χ0) is 11.1. The summed E-state index contributed by atoms with van der Waals surface area (Å²) in [6.07, 6.45) is 3.62. The first-order valence-electron chi connectivity index (χ1n) is 3.68. The quantitative estimate of drug-likeness (QED) is 0.739. The van der Waals surface area contributed by atoms with Gasteiger partial charge in [0, 0.05) is 19.4 Å². The largest absolute Gasteiger partial charge is 0.480 e. The first-order valence-corrected chi connectivity index (χ1v) is 3.68. The number of rotatable bonds is 2. The molecule has 0 saturated carbocycles. The van der Waals surface area contributed by atoms with Crippen LogP contribution in [0.1, 0.15) is 0 Å². The van der Waals surface area contributed by atoms with E-state index >= 15 is 0 Å². The molecule has 4 nitrogen and oxygen atoms in total. The van der Waals surface area contributed by atoms with E-state index in [9.17, 15) is 18.0 Å². The van der Waals surface area contributed by atoms with Gasteiger partial charge < -0.3 is 14.9 Å². The zero-order valence-electron chi connectivity index (χ0n) is 7.53. The van der Waals surface area contributed by atoms with E-state index in [4.69, 9.17) is 5.11 Å². The normalized spacial score (nSPS) is 14.4. The standard InChI is InChI=1S/C6H10N2O2.CHF3/c1-7-2-3-8(5-7)4-6(9)10;2-1(3)4/h2-3H,4-5H2,1H3,(H,9,10);1H. The fourth-order valence-electron chi connectivity index (χ4n) is 0.865. The van der Waals surface area contributed by atoms with Gasteiger partial charge in [-0.15, -0.1) is 0 Å². The van der Waals surface area contributed by atoms with Crippen molar-refractivity contribution in [2.45, 2.75) is 6.68 Å². The van der Waals surface area contributed by atoms with E-state index in [1.165, 1.54) is 0 Å². The Balaban J connectivity index is 0.000000364. The van der Waals surface area contributed by atoms with Crippen LogP contribution < -0.4 is 0 Å². The van der Waals surface area contributed by atoms with Crippen molar-refractivity contribution in [2.75, 3.05) is 20.3 Å². The molecule has 1 N–H and O–H groups in total. The van der Waals surface area contributed by atoms with Gasteiger partial charge in [-0.1, -0.05) is 0 Å². The highest BCUT2D eigenvalue weighted by Gasteiger charge is 2.10. The maximum absolute atomic E-state index is 10.2. The van der Waals surface area contributed by atoms with E-state index < -0.39 is 12.6 Å². The van der Waals surface area contributed by atoms with Crippen LogP contribution in [0.4, 0.5) is 13.2 Å². The average molecular weight is 212 g/mol. The Morgan fingerprint density at radius 2 is 2.00 bits per heavy atom. The average Bonchev–Trinajstić information content (AvgIpc) is 2.32. The molecular weight excluding hydrogens is 201 g/mol. The van der Waals surface area contributed by atoms with Crippen molar-refractivity contribution < 1.29 is 23.1 Å². The number of carboxylic acid groups (broad SMARTS) is 1. The molecule has 0 amide bonds. The predicted octanol–water partition coefficient (Wildman–Crippen LogP) is 0.926. The second kappa shape index (κ2) is 6.11. The summed E-state index contributed by atoms with van der Waals surface area (Å²) in [5, 5.41) is 8.37. The van der Waals surface area contributed by atoms with Gasteiger partial charge in [0.25, 0.3) is 0 Å². The topological polar surface area (TPSA) is 43.8 Å². The summed E-state index contributed by atoms with van der Waals surface area (Å²) < 4.78 is 29.0. The third-order valence-electron chi connectivity index (χ3n) is 1.28. The molecule has 0 aromatic carbocycles. The molecule has 7 heteroatoms. The molecule has 1 aliphatic heterocycles. The molecule has 1 aliphatic rings. The number of aliphatic carboxylic acids is 1. The molecule has 0 saturated heterocycles. The van der Waals surface area contributed by atoms with Crippen LogP contribution in [0.5, 0.6) is 0 Å². The van der Waals surface area contributed by atoms with Crippen LogP contribution in [0.25, 0.3) is 0 Å². The molecule has 82 valence electrons. The number of hydrogen-bond donors (Lipinski definition) is 1. The van der Waals surface area contributed by atoms with Crippen molar-refractivity contribution >= 4 is 5.97 Å². The van der Waals surface area contributed by atoms with Gasteiger partial charge in [-0.3, -0.25) is 4.79 Å². The van der Waals surface area contributed by atoms with Crippen LogP contribution in [-0.2, 0) is 4.79 Å². The van der Waals surface area contributed by atoms with Crippen LogP contribution in [0.3, 0.4) is 0 Å². The van der Waals surface area contributed by atoms with Crippen LogP contribution in [0.15, 0.2) is 12.4 Å². The van der Waals surface area contributed by atoms with Gasteiger partial charge in [0.05, 0.1) is 6.67 Å². The Labute approximate surface area is 79.2 Å². The third-order valence-corrected chi connectivity index (χ3v) is 1.28. The number of halogens is 3. The summed E-state index contributed by atoms with van der Waals surface area (Å²) in [4.78, 5) is 13.8. The van der Waals surface area contributed by atoms with Gasteiger partial charge in [0.15, 0.2) is 0 Å². The number of hydrogen-bond acceptors (Lipinski definition) is 3. The highest BCUT2D eigenvalue weighted by Crippen LogP contribution is 2.01. The maximum atomic E-state index is 10.2. The predicted molar refractivity (Wildman–Crippen MR) is 43.2 cm³/mol. The fraction of sp³-hybridized carbons (Fsp3) is 0.571. The molecule has 0 spiro atoms. The molecule has 1 rings (SSSR count). The molecule has 0 bridgehead atoms. The summed E-state index contributed by atoms with van der Waals surface area (Å²) in [6.45, 7) is -2.91. The van der Waals surface area contributed by atoms with Crippen LogP contribution in [-0.4, -0.2) is 47.8 Å². The highest BCUT2D eigenvalue weighted by molar-refractivity contribution is 5.69. The first-order chi connectivity index (χ1) is 6.41. The van der Waals surface area contributed by atoms with Crippen LogP contribution >= 0.6 is 0 Å². The molecular formula is C7H11F3N2O2. The summed E-state index contributed by atoms with van der Waals surface area (Å²) in [6, 6.07) is 0. The lowest BCUT2D eigenvalue weighted by atomic mass is 10.6. The van der Waals surface area contributed by atoms with E-state index in [-0.39, 0.29) is 6.54 Å². The second-order valence-electron chi connectivity index (χ2n) is 2.58. The molecule has 0 radical (unpaired) electrons. The Morgan fingerprint density at radius 3 is 2.29 bits per heavy atom. The SMILES string of the molecule is CN1C=CN(CC(=O)O)C1.FC(F)F. The molecule has 0 unspecified atom stereocenters. The molecule has 1 heterocycles. The van der Waals surface area contributed by atoms with Crippen molar-refractivity contribution in [2.24, 2.45) is 0 Å². The number of alkyl halides is 3. The first kappa shape index (κ1) is 12.6. The lowest BCUT2D eigenvalue weighted by molar-refractivity contribution is -0.137. The molecule has 0 aromatic rings. The smallest absolute Gasteiger partial charge is 0.379 e. The van der Waals surface area contributed by atoms with Crippen LogP contribution in [0, 0.1) is 0 Å². The van der Waals surface area contributed by atoms with E-state index in [0.717, 1.165) is 0 Å². The molecule has 14 heavy (non-hydrogen) atoms. The highest BCUT2D eigenvalue weighted by atomic mass is 19.4. The van der Waals surface area contributed by atoms with E-state index in [2.05, 4.69) is 0 Å². The Bertz CT molecular complexity index is 208. The minimum atomic E-state index is -3.67. The van der Waals surface area contributed by atoms with Gasteiger partial charge in [-0.05, 0) is 0 Å². The van der Waals surface area contributed by atoms with Gasteiger partial charge in [-0.2, -0.15) is 13.2 Å². The monoisotopic (exact) mass is 212 g/mol. The minimum Gasteiger partial charge on any atom is -0.480 e. The number of carbonyl (C=O) groups is 1. The Morgan fingerprint density at radius 1 is 1.50 bits per heavy atom. The number of nitrogens with zero attached hydrogens (tertiary/aromatic N) is 2. The van der Waals surface area contributed by atoms with Gasteiger partial charge in [0.1, 0.15) is 6.54 Å². The van der Waals surface area contributed by atoms with Crippen molar-refractivity contribution in [1.29, 1.82) is 0 Å². The third kappa shape index (κ3) is 7.26. The fourth-order valence-corrected chi connectivity index (χ4v) is 0.865. The van der Waals surface area contributed by atoms with Crippen molar-refractivity contribution in [3.8, 4) is 0 Å². The summed E-state index contributed by atoms with van der Waals surface area (Å²) >= 11 is 0.